The zero-order valence-corrected chi connectivity index (χ0v) is 18.3. The number of carbonyl (C=O) groups is 1. The summed E-state index contributed by atoms with van der Waals surface area (Å²) in [5, 5.41) is 15.3. The zero-order valence-electron chi connectivity index (χ0n) is 18.3. The minimum absolute atomic E-state index is 0.239. The molecule has 6 rings (SSSR count). The molecule has 0 aliphatic heterocycles. The number of anilines is 2. The summed E-state index contributed by atoms with van der Waals surface area (Å²) in [4.78, 5) is 21.5. The summed E-state index contributed by atoms with van der Waals surface area (Å²) in [5.41, 5.74) is 8.17. The molecule has 2 heterocycles. The maximum Gasteiger partial charge on any atom is 0.335 e. The molecule has 0 amide bonds. The standard InChI is InChI=1S/C28H23N3O2/c1-16-9-10-21-19(11-16)15-30-27-23(21)12-18(28(32)33)13-25(27)31-24-8-4-7-22-20-6-3-2-5-17(20)14-29-26(22)24/h2-4,7-10,12-16,31H,5-6,11H2,1H3,(H,32,33). The van der Waals surface area contributed by atoms with Crippen LogP contribution in [0, 0.1) is 5.92 Å². The molecule has 2 aromatic heterocycles. The smallest absolute Gasteiger partial charge is 0.335 e. The van der Waals surface area contributed by atoms with Crippen molar-refractivity contribution in [1.82, 2.24) is 9.97 Å². The molecule has 2 N–H and O–H groups in total. The van der Waals surface area contributed by atoms with E-state index in [9.17, 15) is 9.90 Å². The summed E-state index contributed by atoms with van der Waals surface area (Å²) in [5.74, 6) is -0.512. The third-order valence-electron chi connectivity index (χ3n) is 6.67. The number of carboxylic acids is 1. The van der Waals surface area contributed by atoms with Gasteiger partial charge < -0.3 is 10.4 Å². The van der Waals surface area contributed by atoms with Gasteiger partial charge in [0.15, 0.2) is 0 Å². The van der Waals surface area contributed by atoms with Crippen molar-refractivity contribution in [3.05, 3.63) is 88.8 Å². The molecule has 5 heteroatoms. The molecule has 2 aromatic carbocycles. The molecule has 1 atom stereocenters. The van der Waals surface area contributed by atoms with Crippen LogP contribution >= 0.6 is 0 Å². The van der Waals surface area contributed by atoms with Crippen LogP contribution in [0.2, 0.25) is 0 Å². The average Bonchev–Trinajstić information content (AvgIpc) is 2.83. The Morgan fingerprint density at radius 3 is 2.64 bits per heavy atom. The first-order valence-corrected chi connectivity index (χ1v) is 11.3. The highest BCUT2D eigenvalue weighted by Crippen LogP contribution is 2.36. The summed E-state index contributed by atoms with van der Waals surface area (Å²) in [6.07, 6.45) is 15.2. The Morgan fingerprint density at radius 1 is 1.00 bits per heavy atom. The number of aromatic carboxylic acids is 1. The predicted molar refractivity (Wildman–Crippen MR) is 132 cm³/mol. The molecule has 2 aliphatic carbocycles. The van der Waals surface area contributed by atoms with Gasteiger partial charge in [0.1, 0.15) is 0 Å². The number of aromatic nitrogens is 2. The summed E-state index contributed by atoms with van der Waals surface area (Å²) >= 11 is 0. The molecule has 0 saturated carbocycles. The van der Waals surface area contributed by atoms with Crippen LogP contribution in [0.3, 0.4) is 0 Å². The first kappa shape index (κ1) is 19.7. The summed E-state index contributed by atoms with van der Waals surface area (Å²) in [7, 11) is 0. The molecule has 0 spiro atoms. The third kappa shape index (κ3) is 3.28. The van der Waals surface area contributed by atoms with Crippen molar-refractivity contribution in [3.63, 3.8) is 0 Å². The van der Waals surface area contributed by atoms with E-state index in [0.29, 0.717) is 11.6 Å². The number of nitrogens with one attached hydrogen (secondary N) is 1. The second-order valence-corrected chi connectivity index (χ2v) is 8.93. The third-order valence-corrected chi connectivity index (χ3v) is 6.67. The van der Waals surface area contributed by atoms with Crippen molar-refractivity contribution >= 4 is 45.2 Å². The number of carboxylic acid groups (broad SMARTS) is 1. The molecule has 5 nitrogen and oxygen atoms in total. The van der Waals surface area contributed by atoms with Gasteiger partial charge in [0, 0.05) is 23.2 Å². The molecule has 4 aromatic rings. The highest BCUT2D eigenvalue weighted by molar-refractivity contribution is 6.05. The van der Waals surface area contributed by atoms with E-state index < -0.39 is 5.97 Å². The van der Waals surface area contributed by atoms with Gasteiger partial charge in [-0.05, 0) is 65.6 Å². The molecule has 0 bridgehead atoms. The highest BCUT2D eigenvalue weighted by Gasteiger charge is 2.19. The van der Waals surface area contributed by atoms with Gasteiger partial charge >= 0.3 is 5.97 Å². The van der Waals surface area contributed by atoms with E-state index in [0.717, 1.165) is 57.9 Å². The Balaban J connectivity index is 1.54. The predicted octanol–water partition coefficient (Wildman–Crippen LogP) is 6.09. The van der Waals surface area contributed by atoms with Gasteiger partial charge in [-0.2, -0.15) is 0 Å². The van der Waals surface area contributed by atoms with Gasteiger partial charge in [0.2, 0.25) is 0 Å². The van der Waals surface area contributed by atoms with Crippen LogP contribution in [0.25, 0.3) is 27.9 Å². The van der Waals surface area contributed by atoms with Gasteiger partial charge in [0.05, 0.1) is 28.0 Å². The Morgan fingerprint density at radius 2 is 1.79 bits per heavy atom. The van der Waals surface area contributed by atoms with Gasteiger partial charge in [-0.3, -0.25) is 9.97 Å². The van der Waals surface area contributed by atoms with Crippen LogP contribution in [-0.2, 0) is 19.3 Å². The largest absolute Gasteiger partial charge is 0.478 e. The van der Waals surface area contributed by atoms with E-state index in [1.54, 1.807) is 12.1 Å². The summed E-state index contributed by atoms with van der Waals surface area (Å²) in [6.45, 7) is 2.17. The number of hydrogen-bond donors (Lipinski definition) is 2. The van der Waals surface area contributed by atoms with Crippen molar-refractivity contribution in [1.29, 1.82) is 0 Å². The van der Waals surface area contributed by atoms with E-state index in [-0.39, 0.29) is 5.56 Å². The Hall–Kier alpha value is -3.99. The van der Waals surface area contributed by atoms with Gasteiger partial charge in [-0.1, -0.05) is 43.4 Å². The monoisotopic (exact) mass is 433 g/mol. The van der Waals surface area contributed by atoms with Crippen LogP contribution < -0.4 is 5.32 Å². The minimum Gasteiger partial charge on any atom is -0.478 e. The van der Waals surface area contributed by atoms with Crippen molar-refractivity contribution < 1.29 is 9.90 Å². The molecule has 2 aliphatic rings. The van der Waals surface area contributed by atoms with Crippen LogP contribution in [0.5, 0.6) is 0 Å². The molecular weight excluding hydrogens is 410 g/mol. The summed E-state index contributed by atoms with van der Waals surface area (Å²) < 4.78 is 0. The van der Waals surface area contributed by atoms with Gasteiger partial charge in [-0.25, -0.2) is 4.79 Å². The van der Waals surface area contributed by atoms with E-state index in [2.05, 4.69) is 42.6 Å². The Labute approximate surface area is 191 Å². The lowest BCUT2D eigenvalue weighted by atomic mass is 9.89. The second kappa shape index (κ2) is 7.55. The van der Waals surface area contributed by atoms with Crippen LogP contribution in [-0.4, -0.2) is 21.0 Å². The maximum absolute atomic E-state index is 12.0. The Kier molecular flexibility index (Phi) is 4.50. The van der Waals surface area contributed by atoms with Crippen LogP contribution in [0.15, 0.2) is 61.0 Å². The Bertz CT molecular complexity index is 1520. The van der Waals surface area contributed by atoms with Crippen LogP contribution in [0.1, 0.15) is 39.5 Å². The number of pyridine rings is 2. The van der Waals surface area contributed by atoms with Crippen LogP contribution in [0.4, 0.5) is 11.4 Å². The molecule has 162 valence electrons. The number of nitrogens with zero attached hydrogens (tertiary/aromatic N) is 2. The molecule has 1 unspecified atom stereocenters. The lowest BCUT2D eigenvalue weighted by molar-refractivity contribution is 0.0697. The summed E-state index contributed by atoms with van der Waals surface area (Å²) in [6, 6.07) is 9.52. The van der Waals surface area contributed by atoms with Crippen molar-refractivity contribution in [2.75, 3.05) is 5.32 Å². The number of para-hydroxylation sites is 1. The topological polar surface area (TPSA) is 75.1 Å². The first-order chi connectivity index (χ1) is 16.1. The zero-order chi connectivity index (χ0) is 22.5. The SMILES string of the molecule is CC1C=Cc2c(cnc3c(Nc4cccc5c6c(cnc45)CC=CC6)cc(C(=O)O)cc23)C1. The fraction of sp³-hybridized carbons (Fsp3) is 0.179. The fourth-order valence-electron chi connectivity index (χ4n) is 5.01. The molecule has 0 radical (unpaired) electrons. The van der Waals surface area contributed by atoms with E-state index in [1.165, 1.54) is 11.1 Å². The maximum atomic E-state index is 12.0. The number of fused-ring (bicyclic) bond motifs is 6. The molecule has 33 heavy (non-hydrogen) atoms. The van der Waals surface area contributed by atoms with Crippen molar-refractivity contribution in [3.8, 4) is 0 Å². The normalized spacial score (nSPS) is 16.6. The van der Waals surface area contributed by atoms with Crippen molar-refractivity contribution in [2.45, 2.75) is 26.2 Å². The molecule has 0 saturated heterocycles. The van der Waals surface area contributed by atoms with E-state index >= 15 is 0 Å². The van der Waals surface area contributed by atoms with Crippen molar-refractivity contribution in [2.24, 2.45) is 5.92 Å². The quantitative estimate of drug-likeness (QED) is 0.383. The molecule has 0 fully saturated rings. The first-order valence-electron chi connectivity index (χ1n) is 11.3. The average molecular weight is 434 g/mol. The lowest BCUT2D eigenvalue weighted by Gasteiger charge is -2.20. The lowest BCUT2D eigenvalue weighted by Crippen LogP contribution is -2.07. The van der Waals surface area contributed by atoms with Gasteiger partial charge in [-0.15, -0.1) is 0 Å². The van der Waals surface area contributed by atoms with E-state index in [4.69, 9.17) is 9.97 Å². The number of benzene rings is 2. The highest BCUT2D eigenvalue weighted by atomic mass is 16.4. The van der Waals surface area contributed by atoms with Gasteiger partial charge in [0.25, 0.3) is 0 Å². The number of rotatable bonds is 3. The second-order valence-electron chi connectivity index (χ2n) is 8.93. The fourth-order valence-corrected chi connectivity index (χ4v) is 5.01. The number of allylic oxidation sites excluding steroid dienone is 3. The minimum atomic E-state index is -0.956. The van der Waals surface area contributed by atoms with E-state index in [1.807, 2.05) is 24.5 Å². The molecular formula is C28H23N3O2. The number of hydrogen-bond acceptors (Lipinski definition) is 4.